The maximum atomic E-state index is 5.99. The van der Waals surface area contributed by atoms with Gasteiger partial charge in [0, 0.05) is 15.8 Å². The van der Waals surface area contributed by atoms with Gasteiger partial charge in [-0.2, -0.15) is 0 Å². The molecule has 0 spiro atoms. The molecule has 0 atom stereocenters. The van der Waals surface area contributed by atoms with Crippen LogP contribution in [0, 0.1) is 0 Å². The summed E-state index contributed by atoms with van der Waals surface area (Å²) in [6, 6.07) is 5.70. The first-order valence-electron chi connectivity index (χ1n) is 4.89. The summed E-state index contributed by atoms with van der Waals surface area (Å²) in [5, 5.41) is 1.76. The number of benzene rings is 1. The van der Waals surface area contributed by atoms with Crippen molar-refractivity contribution in [3.8, 4) is 0 Å². The zero-order valence-corrected chi connectivity index (χ0v) is 9.84. The minimum Gasteiger partial charge on any atom is -0.240 e. The predicted molar refractivity (Wildman–Crippen MR) is 63.2 cm³/mol. The largest absolute Gasteiger partial charge is 0.240 e. The minimum atomic E-state index is 0.00583. The lowest BCUT2D eigenvalue weighted by atomic mass is 9.89. The monoisotopic (exact) mass is 220 g/mol. The fourth-order valence-electron chi connectivity index (χ4n) is 1.63. The van der Waals surface area contributed by atoms with E-state index in [-0.39, 0.29) is 5.41 Å². The van der Waals surface area contributed by atoms with E-state index < -0.39 is 0 Å². The standard InChI is InChI=1S/C12H13ClN2/c1-12(2,3)11-9-6-8(13)4-5-10(9)14-7-15-11/h4-7H,1-3H3. The second-order valence-corrected chi connectivity index (χ2v) is 5.07. The SMILES string of the molecule is CC(C)(C)c1ncnc2ccc(Cl)cc12. The topological polar surface area (TPSA) is 25.8 Å². The van der Waals surface area contributed by atoms with E-state index in [2.05, 4.69) is 30.7 Å². The molecule has 0 amide bonds. The fourth-order valence-corrected chi connectivity index (χ4v) is 1.80. The molecular formula is C12H13ClN2. The van der Waals surface area contributed by atoms with E-state index in [1.807, 2.05) is 18.2 Å². The Kier molecular flexibility index (Phi) is 2.39. The van der Waals surface area contributed by atoms with Crippen molar-refractivity contribution in [1.29, 1.82) is 0 Å². The molecule has 0 saturated heterocycles. The zero-order valence-electron chi connectivity index (χ0n) is 9.08. The summed E-state index contributed by atoms with van der Waals surface area (Å²) >= 11 is 5.99. The highest BCUT2D eigenvalue weighted by Gasteiger charge is 2.18. The van der Waals surface area contributed by atoms with Crippen LogP contribution >= 0.6 is 11.6 Å². The molecule has 78 valence electrons. The molecule has 0 unspecified atom stereocenters. The molecule has 2 aromatic rings. The van der Waals surface area contributed by atoms with Gasteiger partial charge in [0.2, 0.25) is 0 Å². The van der Waals surface area contributed by atoms with Crippen LogP contribution in [0.3, 0.4) is 0 Å². The Bertz CT molecular complexity index is 500. The van der Waals surface area contributed by atoms with E-state index in [1.54, 1.807) is 6.33 Å². The Hall–Kier alpha value is -1.15. The molecule has 2 rings (SSSR count). The number of rotatable bonds is 0. The molecule has 3 heteroatoms. The summed E-state index contributed by atoms with van der Waals surface area (Å²) < 4.78 is 0. The van der Waals surface area contributed by atoms with Gasteiger partial charge in [-0.15, -0.1) is 0 Å². The van der Waals surface area contributed by atoms with Gasteiger partial charge in [-0.3, -0.25) is 0 Å². The fraction of sp³-hybridized carbons (Fsp3) is 0.333. The second-order valence-electron chi connectivity index (χ2n) is 4.63. The van der Waals surface area contributed by atoms with E-state index in [9.17, 15) is 0 Å². The third-order valence-corrected chi connectivity index (χ3v) is 2.54. The van der Waals surface area contributed by atoms with Crippen LogP contribution in [0.4, 0.5) is 0 Å². The Morgan fingerprint density at radius 3 is 2.53 bits per heavy atom. The molecule has 1 aromatic heterocycles. The van der Waals surface area contributed by atoms with Gasteiger partial charge >= 0.3 is 0 Å². The highest BCUT2D eigenvalue weighted by Crippen LogP contribution is 2.28. The number of fused-ring (bicyclic) bond motifs is 1. The van der Waals surface area contributed by atoms with Crippen LogP contribution in [0.5, 0.6) is 0 Å². The molecular weight excluding hydrogens is 208 g/mol. The van der Waals surface area contributed by atoms with Gasteiger partial charge in [-0.25, -0.2) is 9.97 Å². The van der Waals surface area contributed by atoms with Crippen molar-refractivity contribution in [3.05, 3.63) is 35.2 Å². The third-order valence-electron chi connectivity index (χ3n) is 2.31. The molecule has 1 aromatic carbocycles. The Labute approximate surface area is 94.3 Å². The predicted octanol–water partition coefficient (Wildman–Crippen LogP) is 3.58. The molecule has 15 heavy (non-hydrogen) atoms. The molecule has 0 saturated carbocycles. The summed E-state index contributed by atoms with van der Waals surface area (Å²) in [5.74, 6) is 0. The summed E-state index contributed by atoms with van der Waals surface area (Å²) in [6.07, 6.45) is 1.61. The van der Waals surface area contributed by atoms with E-state index in [0.717, 1.165) is 21.6 Å². The number of halogens is 1. The van der Waals surface area contributed by atoms with Gasteiger partial charge in [-0.05, 0) is 18.2 Å². The molecule has 2 nitrogen and oxygen atoms in total. The zero-order chi connectivity index (χ0) is 11.1. The Morgan fingerprint density at radius 1 is 1.13 bits per heavy atom. The van der Waals surface area contributed by atoms with Crippen LogP contribution in [0.2, 0.25) is 5.02 Å². The van der Waals surface area contributed by atoms with Gasteiger partial charge in [-0.1, -0.05) is 32.4 Å². The Morgan fingerprint density at radius 2 is 1.87 bits per heavy atom. The van der Waals surface area contributed by atoms with Crippen molar-refractivity contribution in [2.45, 2.75) is 26.2 Å². The highest BCUT2D eigenvalue weighted by atomic mass is 35.5. The summed E-state index contributed by atoms with van der Waals surface area (Å²) in [7, 11) is 0. The number of nitrogens with zero attached hydrogens (tertiary/aromatic N) is 2. The van der Waals surface area contributed by atoms with Crippen LogP contribution < -0.4 is 0 Å². The van der Waals surface area contributed by atoms with Crippen molar-refractivity contribution in [1.82, 2.24) is 9.97 Å². The first-order valence-corrected chi connectivity index (χ1v) is 5.27. The van der Waals surface area contributed by atoms with Crippen LogP contribution in [-0.4, -0.2) is 9.97 Å². The third kappa shape index (κ3) is 1.95. The first-order chi connectivity index (χ1) is 6.98. The maximum absolute atomic E-state index is 5.99. The molecule has 0 N–H and O–H groups in total. The van der Waals surface area contributed by atoms with Crippen molar-refractivity contribution < 1.29 is 0 Å². The molecule has 1 heterocycles. The molecule has 0 aliphatic rings. The van der Waals surface area contributed by atoms with Gasteiger partial charge in [0.05, 0.1) is 11.2 Å². The normalized spacial score (nSPS) is 12.0. The van der Waals surface area contributed by atoms with E-state index >= 15 is 0 Å². The summed E-state index contributed by atoms with van der Waals surface area (Å²) in [5.41, 5.74) is 1.99. The quantitative estimate of drug-likeness (QED) is 0.678. The second kappa shape index (κ2) is 3.46. The number of hydrogen-bond donors (Lipinski definition) is 0. The van der Waals surface area contributed by atoms with Crippen LogP contribution in [0.15, 0.2) is 24.5 Å². The number of aromatic nitrogens is 2. The highest BCUT2D eigenvalue weighted by molar-refractivity contribution is 6.31. The lowest BCUT2D eigenvalue weighted by Gasteiger charge is -2.19. The number of hydrogen-bond acceptors (Lipinski definition) is 2. The van der Waals surface area contributed by atoms with Gasteiger partial charge in [0.25, 0.3) is 0 Å². The van der Waals surface area contributed by atoms with Crippen LogP contribution in [0.25, 0.3) is 10.9 Å². The van der Waals surface area contributed by atoms with E-state index in [1.165, 1.54) is 0 Å². The lowest BCUT2D eigenvalue weighted by Crippen LogP contribution is -2.14. The lowest BCUT2D eigenvalue weighted by molar-refractivity contribution is 0.574. The van der Waals surface area contributed by atoms with Crippen molar-refractivity contribution in [2.75, 3.05) is 0 Å². The molecule has 0 radical (unpaired) electrons. The van der Waals surface area contributed by atoms with Crippen molar-refractivity contribution in [3.63, 3.8) is 0 Å². The van der Waals surface area contributed by atoms with E-state index in [4.69, 9.17) is 11.6 Å². The van der Waals surface area contributed by atoms with Crippen LogP contribution in [-0.2, 0) is 5.41 Å². The summed E-state index contributed by atoms with van der Waals surface area (Å²) in [4.78, 5) is 8.58. The molecule has 0 bridgehead atoms. The molecule has 0 aliphatic carbocycles. The average molecular weight is 221 g/mol. The smallest absolute Gasteiger partial charge is 0.116 e. The van der Waals surface area contributed by atoms with Gasteiger partial charge in [0.1, 0.15) is 6.33 Å². The van der Waals surface area contributed by atoms with E-state index in [0.29, 0.717) is 0 Å². The summed E-state index contributed by atoms with van der Waals surface area (Å²) in [6.45, 7) is 6.40. The first kappa shape index (κ1) is 10.4. The molecule has 0 aliphatic heterocycles. The Balaban J connectivity index is 2.80. The minimum absolute atomic E-state index is 0.00583. The maximum Gasteiger partial charge on any atom is 0.116 e. The molecule has 0 fully saturated rings. The van der Waals surface area contributed by atoms with Crippen molar-refractivity contribution in [2.24, 2.45) is 0 Å². The van der Waals surface area contributed by atoms with Crippen LogP contribution in [0.1, 0.15) is 26.5 Å². The van der Waals surface area contributed by atoms with Gasteiger partial charge in [0.15, 0.2) is 0 Å². The van der Waals surface area contributed by atoms with Gasteiger partial charge < -0.3 is 0 Å². The average Bonchev–Trinajstić information content (AvgIpc) is 2.15. The van der Waals surface area contributed by atoms with Crippen molar-refractivity contribution >= 4 is 22.5 Å².